The van der Waals surface area contributed by atoms with Gasteiger partial charge in [-0.25, -0.2) is 0 Å². The van der Waals surface area contributed by atoms with E-state index in [2.05, 4.69) is 11.8 Å². The minimum atomic E-state index is -0.490. The van der Waals surface area contributed by atoms with Crippen LogP contribution in [0.25, 0.3) is 0 Å². The number of carbonyl (C=O) groups is 2. The summed E-state index contributed by atoms with van der Waals surface area (Å²) in [6.07, 6.45) is 3.55. The molecule has 0 aromatic carbocycles. The Kier molecular flexibility index (Phi) is 3.93. The van der Waals surface area contributed by atoms with Crippen molar-refractivity contribution >= 4 is 12.1 Å². The molecule has 1 rings (SSSR count). The average molecular weight is 244 g/mol. The Balaban J connectivity index is 3.26. The van der Waals surface area contributed by atoms with Gasteiger partial charge in [0.2, 0.25) is 5.78 Å². The molecule has 0 aromatic rings. The van der Waals surface area contributed by atoms with Gasteiger partial charge in [-0.2, -0.15) is 0 Å². The number of carbonyl (C=O) groups excluding carboxylic acids is 2. The molecule has 94 valence electrons. The van der Waals surface area contributed by atoms with Gasteiger partial charge in [-0.05, 0) is 26.0 Å². The third-order valence-corrected chi connectivity index (χ3v) is 2.79. The third-order valence-electron chi connectivity index (χ3n) is 2.79. The van der Waals surface area contributed by atoms with Crippen LogP contribution in [-0.2, 0) is 9.59 Å². The maximum absolute atomic E-state index is 11.7. The van der Waals surface area contributed by atoms with Gasteiger partial charge in [0.1, 0.15) is 6.29 Å². The first-order chi connectivity index (χ1) is 8.29. The number of ketones is 1. The minimum absolute atomic E-state index is 0.233. The molecular weight excluding hydrogens is 228 g/mol. The van der Waals surface area contributed by atoms with Gasteiger partial charge >= 0.3 is 0 Å². The molecule has 0 radical (unpaired) electrons. The first kappa shape index (κ1) is 14.0. The summed E-state index contributed by atoms with van der Waals surface area (Å²) < 4.78 is 0. The molecule has 0 unspecified atom stereocenters. The molecule has 3 nitrogen and oxygen atoms in total. The number of aldehydes is 1. The molecule has 0 atom stereocenters. The van der Waals surface area contributed by atoms with Gasteiger partial charge in [-0.1, -0.05) is 25.7 Å². The van der Waals surface area contributed by atoms with E-state index in [9.17, 15) is 14.7 Å². The predicted octanol–water partition coefficient (Wildman–Crippen LogP) is 2.50. The van der Waals surface area contributed by atoms with Crippen LogP contribution in [0.2, 0.25) is 0 Å². The summed E-state index contributed by atoms with van der Waals surface area (Å²) in [5.74, 6) is 5.13. The Morgan fingerprint density at radius 3 is 2.61 bits per heavy atom. The summed E-state index contributed by atoms with van der Waals surface area (Å²) in [5.41, 5.74) is 1.26. The molecule has 3 heteroatoms. The van der Waals surface area contributed by atoms with E-state index in [-0.39, 0.29) is 5.76 Å². The molecule has 0 aromatic heterocycles. The van der Waals surface area contributed by atoms with Crippen LogP contribution in [-0.4, -0.2) is 17.2 Å². The molecule has 0 amide bonds. The Morgan fingerprint density at radius 1 is 1.44 bits per heavy atom. The highest BCUT2D eigenvalue weighted by Gasteiger charge is 2.31. The number of hydrogen-bond acceptors (Lipinski definition) is 3. The fraction of sp³-hybridized carbons (Fsp3) is 0.333. The lowest BCUT2D eigenvalue weighted by atomic mass is 9.76. The smallest absolute Gasteiger partial charge is 0.223 e. The van der Waals surface area contributed by atoms with Crippen molar-refractivity contribution in [3.63, 3.8) is 0 Å². The predicted molar refractivity (Wildman–Crippen MR) is 69.8 cm³/mol. The molecule has 1 N–H and O–H groups in total. The van der Waals surface area contributed by atoms with E-state index < -0.39 is 11.2 Å². The highest BCUT2D eigenvalue weighted by molar-refractivity contribution is 6.08. The van der Waals surface area contributed by atoms with Gasteiger partial charge in [-0.15, -0.1) is 0 Å². The molecule has 0 heterocycles. The molecule has 0 saturated carbocycles. The maximum atomic E-state index is 11.7. The summed E-state index contributed by atoms with van der Waals surface area (Å²) in [6.45, 7) is 7.13. The fourth-order valence-electron chi connectivity index (χ4n) is 1.83. The number of Topliss-reactive ketones (excluding diaryl/α,β-unsaturated/α-hetero) is 1. The molecule has 0 saturated heterocycles. The van der Waals surface area contributed by atoms with Crippen molar-refractivity contribution in [2.75, 3.05) is 0 Å². The second-order valence-electron chi connectivity index (χ2n) is 4.82. The maximum Gasteiger partial charge on any atom is 0.223 e. The van der Waals surface area contributed by atoms with Crippen LogP contribution in [0.15, 0.2) is 34.6 Å². The summed E-state index contributed by atoms with van der Waals surface area (Å²) in [7, 11) is 0. The van der Waals surface area contributed by atoms with Crippen LogP contribution in [0.4, 0.5) is 0 Å². The molecule has 0 aliphatic heterocycles. The number of aliphatic hydroxyl groups is 1. The molecular formula is C15H16O3. The first-order valence-corrected chi connectivity index (χ1v) is 5.61. The zero-order valence-corrected chi connectivity index (χ0v) is 11.0. The Morgan fingerprint density at radius 2 is 2.06 bits per heavy atom. The van der Waals surface area contributed by atoms with E-state index in [0.717, 1.165) is 0 Å². The van der Waals surface area contributed by atoms with Crippen molar-refractivity contribution in [1.82, 2.24) is 0 Å². The van der Waals surface area contributed by atoms with Gasteiger partial charge in [0.15, 0.2) is 5.76 Å². The highest BCUT2D eigenvalue weighted by atomic mass is 16.3. The zero-order chi connectivity index (χ0) is 13.9. The van der Waals surface area contributed by atoms with E-state index in [1.54, 1.807) is 13.8 Å². The van der Waals surface area contributed by atoms with Crippen molar-refractivity contribution in [1.29, 1.82) is 0 Å². The Labute approximate surface area is 107 Å². The van der Waals surface area contributed by atoms with Crippen LogP contribution in [0.1, 0.15) is 27.7 Å². The summed E-state index contributed by atoms with van der Waals surface area (Å²) in [4.78, 5) is 22.0. The van der Waals surface area contributed by atoms with E-state index in [1.165, 1.54) is 12.2 Å². The van der Waals surface area contributed by atoms with Gasteiger partial charge in [0.25, 0.3) is 0 Å². The quantitative estimate of drug-likeness (QED) is 0.438. The second kappa shape index (κ2) is 5.05. The number of aliphatic hydroxyl groups excluding tert-OH is 1. The molecule has 0 bridgehead atoms. The van der Waals surface area contributed by atoms with Gasteiger partial charge in [-0.3, -0.25) is 9.59 Å². The standard InChI is InChI=1S/C15H16O3/c1-10(7-8-16)5-6-12-11(2)14(18)13(17)9-15(12,3)4/h7-9,17H,1-4H3/b10-7+. The van der Waals surface area contributed by atoms with E-state index in [1.807, 2.05) is 13.8 Å². The Bertz CT molecular complexity index is 546. The summed E-state index contributed by atoms with van der Waals surface area (Å²) in [5, 5.41) is 9.53. The average Bonchev–Trinajstić information content (AvgIpc) is 2.25. The van der Waals surface area contributed by atoms with Crippen LogP contribution < -0.4 is 0 Å². The number of hydrogen-bond donors (Lipinski definition) is 1. The summed E-state index contributed by atoms with van der Waals surface area (Å²) in [6, 6.07) is 0. The normalized spacial score (nSPS) is 19.0. The topological polar surface area (TPSA) is 54.4 Å². The number of allylic oxidation sites excluding steroid dienone is 5. The lowest BCUT2D eigenvalue weighted by molar-refractivity contribution is -0.114. The van der Waals surface area contributed by atoms with Crippen LogP contribution in [0, 0.1) is 17.3 Å². The lowest BCUT2D eigenvalue weighted by Crippen LogP contribution is -2.23. The van der Waals surface area contributed by atoms with E-state index in [4.69, 9.17) is 0 Å². The van der Waals surface area contributed by atoms with Crippen LogP contribution >= 0.6 is 0 Å². The van der Waals surface area contributed by atoms with Crippen molar-refractivity contribution in [2.45, 2.75) is 27.7 Å². The molecule has 18 heavy (non-hydrogen) atoms. The van der Waals surface area contributed by atoms with E-state index in [0.29, 0.717) is 23.0 Å². The van der Waals surface area contributed by atoms with Gasteiger partial charge in [0.05, 0.1) is 0 Å². The van der Waals surface area contributed by atoms with Gasteiger partial charge < -0.3 is 5.11 Å². The van der Waals surface area contributed by atoms with Crippen LogP contribution in [0.3, 0.4) is 0 Å². The van der Waals surface area contributed by atoms with Crippen molar-refractivity contribution in [3.05, 3.63) is 34.6 Å². The fourth-order valence-corrected chi connectivity index (χ4v) is 1.83. The highest BCUT2D eigenvalue weighted by Crippen LogP contribution is 2.35. The summed E-state index contributed by atoms with van der Waals surface area (Å²) >= 11 is 0. The first-order valence-electron chi connectivity index (χ1n) is 5.61. The second-order valence-corrected chi connectivity index (χ2v) is 4.82. The molecule has 0 spiro atoms. The van der Waals surface area contributed by atoms with Crippen molar-refractivity contribution in [2.24, 2.45) is 5.41 Å². The lowest BCUT2D eigenvalue weighted by Gasteiger charge is -2.26. The molecule has 1 aliphatic carbocycles. The zero-order valence-electron chi connectivity index (χ0n) is 11.0. The third kappa shape index (κ3) is 2.78. The van der Waals surface area contributed by atoms with Crippen molar-refractivity contribution < 1.29 is 14.7 Å². The molecule has 0 fully saturated rings. The Hall–Kier alpha value is -2.08. The van der Waals surface area contributed by atoms with E-state index >= 15 is 0 Å². The number of rotatable bonds is 1. The SMILES string of the molecule is CC1=C(C#C/C(C)=C/C=O)C(C)(C)C=C(O)C1=O. The monoisotopic (exact) mass is 244 g/mol. The van der Waals surface area contributed by atoms with Gasteiger partial charge in [0, 0.05) is 22.1 Å². The largest absolute Gasteiger partial charge is 0.504 e. The van der Waals surface area contributed by atoms with Crippen molar-refractivity contribution in [3.8, 4) is 11.8 Å². The minimum Gasteiger partial charge on any atom is -0.504 e. The van der Waals surface area contributed by atoms with Crippen LogP contribution in [0.5, 0.6) is 0 Å². The molecule has 1 aliphatic rings.